The van der Waals surface area contributed by atoms with Crippen molar-refractivity contribution in [3.05, 3.63) is 11.6 Å². The van der Waals surface area contributed by atoms with E-state index in [1.807, 2.05) is 0 Å². The number of rotatable bonds is 4. The van der Waals surface area contributed by atoms with Crippen LogP contribution in [0.25, 0.3) is 0 Å². The second-order valence-corrected chi connectivity index (χ2v) is 5.70. The van der Waals surface area contributed by atoms with Crippen molar-refractivity contribution < 1.29 is 0 Å². The first-order valence-corrected chi connectivity index (χ1v) is 7.05. The zero-order chi connectivity index (χ0) is 10.8. The van der Waals surface area contributed by atoms with Gasteiger partial charge in [-0.25, -0.2) is 0 Å². The lowest BCUT2D eigenvalue weighted by Crippen LogP contribution is -2.56. The molecule has 3 aliphatic heterocycles. The van der Waals surface area contributed by atoms with Crippen LogP contribution in [-0.4, -0.2) is 37.1 Å². The molecule has 3 fully saturated rings. The molecule has 1 unspecified atom stereocenters. The number of hydrogen-bond acceptors (Lipinski definition) is 2. The van der Waals surface area contributed by atoms with Gasteiger partial charge in [-0.2, -0.15) is 0 Å². The minimum absolute atomic E-state index is 0.796. The average Bonchev–Trinajstić information content (AvgIpc) is 2.84. The zero-order valence-electron chi connectivity index (χ0n) is 10.3. The molecule has 2 nitrogen and oxygen atoms in total. The van der Waals surface area contributed by atoms with Crippen LogP contribution in [-0.2, 0) is 0 Å². The molecule has 3 heterocycles. The minimum Gasteiger partial charge on any atom is -0.312 e. The van der Waals surface area contributed by atoms with Crippen LogP contribution in [0.15, 0.2) is 11.6 Å². The molecule has 4 aliphatic rings. The molecule has 4 rings (SSSR count). The van der Waals surface area contributed by atoms with E-state index in [-0.39, 0.29) is 0 Å². The van der Waals surface area contributed by atoms with Crippen LogP contribution in [0.5, 0.6) is 0 Å². The average molecular weight is 220 g/mol. The van der Waals surface area contributed by atoms with Crippen molar-refractivity contribution in [1.29, 1.82) is 0 Å². The summed E-state index contributed by atoms with van der Waals surface area (Å²) < 4.78 is 0. The second-order valence-electron chi connectivity index (χ2n) is 5.70. The first-order chi connectivity index (χ1) is 7.92. The van der Waals surface area contributed by atoms with Gasteiger partial charge in [-0.1, -0.05) is 11.6 Å². The maximum absolute atomic E-state index is 3.80. The molecule has 0 aromatic carbocycles. The van der Waals surface area contributed by atoms with Gasteiger partial charge >= 0.3 is 0 Å². The Labute approximate surface area is 99.1 Å². The van der Waals surface area contributed by atoms with Crippen molar-refractivity contribution in [3.63, 3.8) is 0 Å². The first-order valence-electron chi connectivity index (χ1n) is 7.05. The lowest BCUT2D eigenvalue weighted by molar-refractivity contribution is 0.0731. The van der Waals surface area contributed by atoms with E-state index >= 15 is 0 Å². The van der Waals surface area contributed by atoms with Gasteiger partial charge in [-0.15, -0.1) is 0 Å². The Morgan fingerprint density at radius 2 is 2.19 bits per heavy atom. The number of nitrogens with zero attached hydrogens (tertiary/aromatic N) is 1. The molecule has 0 aromatic rings. The Balaban J connectivity index is 1.41. The maximum atomic E-state index is 3.80. The Morgan fingerprint density at radius 3 is 2.81 bits per heavy atom. The highest BCUT2D eigenvalue weighted by molar-refractivity contribution is 5.07. The van der Waals surface area contributed by atoms with Gasteiger partial charge in [-0.3, -0.25) is 0 Å². The number of piperidine rings is 3. The van der Waals surface area contributed by atoms with Crippen LogP contribution < -0.4 is 5.32 Å². The first kappa shape index (κ1) is 10.8. The van der Waals surface area contributed by atoms with Gasteiger partial charge in [0.15, 0.2) is 0 Å². The molecule has 0 amide bonds. The fourth-order valence-corrected chi connectivity index (χ4v) is 3.58. The molecular weight excluding hydrogens is 196 g/mol. The molecule has 1 aliphatic carbocycles. The molecule has 0 radical (unpaired) electrons. The van der Waals surface area contributed by atoms with Crippen LogP contribution >= 0.6 is 0 Å². The largest absolute Gasteiger partial charge is 0.312 e. The molecule has 90 valence electrons. The van der Waals surface area contributed by atoms with Crippen molar-refractivity contribution in [3.8, 4) is 0 Å². The van der Waals surface area contributed by atoms with E-state index in [0.29, 0.717) is 0 Å². The topological polar surface area (TPSA) is 15.3 Å². The quantitative estimate of drug-likeness (QED) is 0.731. The van der Waals surface area contributed by atoms with E-state index in [1.54, 1.807) is 5.57 Å². The highest BCUT2D eigenvalue weighted by Crippen LogP contribution is 2.27. The summed E-state index contributed by atoms with van der Waals surface area (Å²) in [6.45, 7) is 5.23. The van der Waals surface area contributed by atoms with Gasteiger partial charge in [0.05, 0.1) is 0 Å². The summed E-state index contributed by atoms with van der Waals surface area (Å²) in [4.78, 5) is 2.63. The summed E-state index contributed by atoms with van der Waals surface area (Å²) in [7, 11) is 0. The van der Waals surface area contributed by atoms with Gasteiger partial charge in [0, 0.05) is 12.6 Å². The van der Waals surface area contributed by atoms with E-state index in [9.17, 15) is 0 Å². The summed E-state index contributed by atoms with van der Waals surface area (Å²) in [5.41, 5.74) is 1.70. The molecule has 2 heteroatoms. The fourth-order valence-electron chi connectivity index (χ4n) is 3.58. The summed E-state index contributed by atoms with van der Waals surface area (Å²) in [6, 6.07) is 0.796. The number of fused-ring (bicyclic) bond motifs is 3. The van der Waals surface area contributed by atoms with E-state index < -0.39 is 0 Å². The lowest BCUT2D eigenvalue weighted by Gasteiger charge is -2.45. The van der Waals surface area contributed by atoms with Crippen molar-refractivity contribution in [2.75, 3.05) is 26.2 Å². The number of allylic oxidation sites excluding steroid dienone is 1. The van der Waals surface area contributed by atoms with Crippen LogP contribution in [0.1, 0.15) is 38.5 Å². The summed E-state index contributed by atoms with van der Waals surface area (Å²) >= 11 is 0. The van der Waals surface area contributed by atoms with Crippen molar-refractivity contribution in [2.45, 2.75) is 44.6 Å². The standard InChI is InChI=1S/C14H24N2/c1-2-4-12(3-1)5-8-15-14-11-16-9-6-13(14)7-10-16/h3,13-15H,1-2,4-11H2. The summed E-state index contributed by atoms with van der Waals surface area (Å²) in [6.07, 6.45) is 10.7. The Bertz CT molecular complexity index is 264. The molecule has 1 atom stereocenters. The zero-order valence-corrected chi connectivity index (χ0v) is 10.3. The highest BCUT2D eigenvalue weighted by atomic mass is 15.2. The molecule has 0 saturated carbocycles. The number of nitrogens with one attached hydrogen (secondary N) is 1. The third kappa shape index (κ3) is 2.33. The van der Waals surface area contributed by atoms with Crippen LogP contribution in [0.3, 0.4) is 0 Å². The Morgan fingerprint density at radius 1 is 1.31 bits per heavy atom. The lowest BCUT2D eigenvalue weighted by atomic mass is 9.84. The van der Waals surface area contributed by atoms with E-state index in [4.69, 9.17) is 0 Å². The summed E-state index contributed by atoms with van der Waals surface area (Å²) in [5, 5.41) is 3.80. The molecular formula is C14H24N2. The van der Waals surface area contributed by atoms with E-state index in [2.05, 4.69) is 16.3 Å². The fraction of sp³-hybridized carbons (Fsp3) is 0.857. The minimum atomic E-state index is 0.796. The van der Waals surface area contributed by atoms with Gasteiger partial charge in [0.2, 0.25) is 0 Å². The Kier molecular flexibility index (Phi) is 3.30. The van der Waals surface area contributed by atoms with Crippen LogP contribution in [0, 0.1) is 5.92 Å². The molecule has 1 N–H and O–H groups in total. The van der Waals surface area contributed by atoms with Crippen LogP contribution in [0.4, 0.5) is 0 Å². The van der Waals surface area contributed by atoms with Crippen molar-refractivity contribution in [2.24, 2.45) is 5.92 Å². The van der Waals surface area contributed by atoms with E-state index in [1.165, 1.54) is 64.7 Å². The van der Waals surface area contributed by atoms with Crippen molar-refractivity contribution >= 4 is 0 Å². The van der Waals surface area contributed by atoms with Crippen LogP contribution in [0.2, 0.25) is 0 Å². The normalized spacial score (nSPS) is 37.8. The molecule has 0 aromatic heterocycles. The maximum Gasteiger partial charge on any atom is 0.0224 e. The molecule has 2 bridgehead atoms. The van der Waals surface area contributed by atoms with Gasteiger partial charge in [-0.05, 0) is 64.1 Å². The Hall–Kier alpha value is -0.340. The van der Waals surface area contributed by atoms with Crippen molar-refractivity contribution in [1.82, 2.24) is 10.2 Å². The third-order valence-corrected chi connectivity index (χ3v) is 4.64. The van der Waals surface area contributed by atoms with Gasteiger partial charge in [0.1, 0.15) is 0 Å². The SMILES string of the molecule is C1=C(CCNC2CN3CCC2CC3)CCC1. The summed E-state index contributed by atoms with van der Waals surface area (Å²) in [5.74, 6) is 0.975. The second kappa shape index (κ2) is 4.89. The van der Waals surface area contributed by atoms with Gasteiger partial charge < -0.3 is 10.2 Å². The molecule has 0 spiro atoms. The highest BCUT2D eigenvalue weighted by Gasteiger charge is 2.33. The number of hydrogen-bond donors (Lipinski definition) is 1. The third-order valence-electron chi connectivity index (χ3n) is 4.64. The smallest absolute Gasteiger partial charge is 0.0224 e. The molecule has 3 saturated heterocycles. The predicted octanol–water partition coefficient (Wildman–Crippen LogP) is 2.17. The van der Waals surface area contributed by atoms with E-state index in [0.717, 1.165) is 12.0 Å². The predicted molar refractivity (Wildman–Crippen MR) is 67.5 cm³/mol. The monoisotopic (exact) mass is 220 g/mol. The molecule has 16 heavy (non-hydrogen) atoms. The van der Waals surface area contributed by atoms with Gasteiger partial charge in [0.25, 0.3) is 0 Å².